The number of benzene rings is 1. The van der Waals surface area contributed by atoms with Gasteiger partial charge in [-0.15, -0.1) is 11.6 Å². The zero-order valence-corrected chi connectivity index (χ0v) is 11.6. The first kappa shape index (κ1) is 14.0. The van der Waals surface area contributed by atoms with Crippen molar-refractivity contribution in [3.63, 3.8) is 0 Å². The van der Waals surface area contributed by atoms with Crippen LogP contribution >= 0.6 is 27.5 Å². The molecule has 3 amide bonds. The van der Waals surface area contributed by atoms with Gasteiger partial charge in [-0.2, -0.15) is 0 Å². The summed E-state index contributed by atoms with van der Waals surface area (Å²) in [6.45, 7) is 1.98. The highest BCUT2D eigenvalue weighted by atomic mass is 79.9. The Hall–Kier alpha value is -1.07. The Kier molecular flexibility index (Phi) is 5.44. The summed E-state index contributed by atoms with van der Waals surface area (Å²) in [4.78, 5) is 22.3. The van der Waals surface area contributed by atoms with Crippen molar-refractivity contribution in [2.45, 2.75) is 13.3 Å². The van der Waals surface area contributed by atoms with E-state index in [2.05, 4.69) is 26.6 Å². The van der Waals surface area contributed by atoms with Crippen LogP contribution in [0.25, 0.3) is 0 Å². The van der Waals surface area contributed by atoms with E-state index in [0.717, 1.165) is 16.5 Å². The third-order valence-electron chi connectivity index (χ3n) is 2.07. The van der Waals surface area contributed by atoms with Crippen molar-refractivity contribution in [3.05, 3.63) is 28.2 Å². The van der Waals surface area contributed by atoms with Gasteiger partial charge in [-0.05, 0) is 30.2 Å². The van der Waals surface area contributed by atoms with Crippen molar-refractivity contribution in [3.8, 4) is 0 Å². The SMILES string of the molecule is CCc1cc(Br)ccc1NC(=O)NC(=O)CCl. The number of nitrogens with one attached hydrogen (secondary N) is 2. The monoisotopic (exact) mass is 318 g/mol. The number of urea groups is 1. The molecule has 0 saturated carbocycles. The maximum absolute atomic E-state index is 11.4. The van der Waals surface area contributed by atoms with Crippen LogP contribution in [0.5, 0.6) is 0 Å². The van der Waals surface area contributed by atoms with E-state index >= 15 is 0 Å². The molecule has 17 heavy (non-hydrogen) atoms. The molecule has 0 heterocycles. The average Bonchev–Trinajstić information content (AvgIpc) is 2.31. The van der Waals surface area contributed by atoms with Gasteiger partial charge in [-0.1, -0.05) is 22.9 Å². The molecular weight excluding hydrogens is 307 g/mol. The normalized spacial score (nSPS) is 9.82. The Balaban J connectivity index is 2.74. The molecule has 0 radical (unpaired) electrons. The molecule has 4 nitrogen and oxygen atoms in total. The van der Waals surface area contributed by atoms with Crippen molar-refractivity contribution in [2.75, 3.05) is 11.2 Å². The number of halogens is 2. The number of imide groups is 1. The third-order valence-corrected chi connectivity index (χ3v) is 2.81. The van der Waals surface area contributed by atoms with Crippen LogP contribution in [0.4, 0.5) is 10.5 Å². The Bertz CT molecular complexity index is 437. The van der Waals surface area contributed by atoms with E-state index < -0.39 is 11.9 Å². The highest BCUT2D eigenvalue weighted by molar-refractivity contribution is 9.10. The molecule has 1 aromatic rings. The fourth-order valence-electron chi connectivity index (χ4n) is 1.29. The maximum atomic E-state index is 11.4. The van der Waals surface area contributed by atoms with Crippen LogP contribution in [0, 0.1) is 0 Å². The maximum Gasteiger partial charge on any atom is 0.325 e. The number of hydrogen-bond acceptors (Lipinski definition) is 2. The second-order valence-electron chi connectivity index (χ2n) is 3.29. The van der Waals surface area contributed by atoms with E-state index in [0.29, 0.717) is 5.69 Å². The lowest BCUT2D eigenvalue weighted by Crippen LogP contribution is -2.35. The van der Waals surface area contributed by atoms with Crippen LogP contribution < -0.4 is 10.6 Å². The van der Waals surface area contributed by atoms with Crippen LogP contribution in [-0.4, -0.2) is 17.8 Å². The fraction of sp³-hybridized carbons (Fsp3) is 0.273. The molecule has 0 spiro atoms. The average molecular weight is 320 g/mol. The smallest absolute Gasteiger partial charge is 0.307 e. The molecule has 1 rings (SSSR count). The third kappa shape index (κ3) is 4.36. The molecule has 92 valence electrons. The highest BCUT2D eigenvalue weighted by Gasteiger charge is 2.08. The second-order valence-corrected chi connectivity index (χ2v) is 4.47. The Morgan fingerprint density at radius 2 is 2.12 bits per heavy atom. The van der Waals surface area contributed by atoms with Crippen LogP contribution in [0.2, 0.25) is 0 Å². The topological polar surface area (TPSA) is 58.2 Å². The number of alkyl halides is 1. The van der Waals surface area contributed by atoms with E-state index in [9.17, 15) is 9.59 Å². The molecule has 0 aliphatic rings. The molecule has 0 fully saturated rings. The van der Waals surface area contributed by atoms with Crippen molar-refractivity contribution in [1.29, 1.82) is 0 Å². The van der Waals surface area contributed by atoms with E-state index in [1.165, 1.54) is 0 Å². The summed E-state index contributed by atoms with van der Waals surface area (Å²) in [5, 5.41) is 4.71. The summed E-state index contributed by atoms with van der Waals surface area (Å²) in [5.41, 5.74) is 1.66. The molecule has 0 unspecified atom stereocenters. The lowest BCUT2D eigenvalue weighted by atomic mass is 10.1. The largest absolute Gasteiger partial charge is 0.325 e. The van der Waals surface area contributed by atoms with Gasteiger partial charge in [-0.3, -0.25) is 10.1 Å². The van der Waals surface area contributed by atoms with Gasteiger partial charge in [0, 0.05) is 10.2 Å². The minimum atomic E-state index is -0.576. The summed E-state index contributed by atoms with van der Waals surface area (Å²) in [5.74, 6) is -0.770. The number of anilines is 1. The molecule has 2 N–H and O–H groups in total. The van der Waals surface area contributed by atoms with Crippen molar-refractivity contribution >= 4 is 45.2 Å². The van der Waals surface area contributed by atoms with Gasteiger partial charge in [0.05, 0.1) is 0 Å². The molecular formula is C11H12BrClN2O2. The molecule has 0 aliphatic heterocycles. The fourth-order valence-corrected chi connectivity index (χ4v) is 1.77. The van der Waals surface area contributed by atoms with Gasteiger partial charge in [0.1, 0.15) is 5.88 Å². The van der Waals surface area contributed by atoms with Crippen molar-refractivity contribution in [2.24, 2.45) is 0 Å². The molecule has 0 saturated heterocycles. The summed E-state index contributed by atoms with van der Waals surface area (Å²) in [6.07, 6.45) is 0.776. The molecule has 0 aliphatic carbocycles. The predicted molar refractivity (Wildman–Crippen MR) is 71.4 cm³/mol. The first-order chi connectivity index (χ1) is 8.06. The van der Waals surface area contributed by atoms with Gasteiger partial charge < -0.3 is 5.32 Å². The summed E-state index contributed by atoms with van der Waals surface area (Å²) in [6, 6.07) is 4.93. The van der Waals surface area contributed by atoms with Crippen LogP contribution in [0.15, 0.2) is 22.7 Å². The first-order valence-electron chi connectivity index (χ1n) is 5.02. The number of carbonyl (C=O) groups is 2. The number of amides is 3. The van der Waals surface area contributed by atoms with Gasteiger partial charge in [-0.25, -0.2) is 4.79 Å². The zero-order chi connectivity index (χ0) is 12.8. The van der Waals surface area contributed by atoms with E-state index in [1.54, 1.807) is 6.07 Å². The predicted octanol–water partition coefficient (Wildman–Crippen LogP) is 2.90. The van der Waals surface area contributed by atoms with E-state index in [-0.39, 0.29) is 5.88 Å². The van der Waals surface area contributed by atoms with E-state index in [1.807, 2.05) is 19.1 Å². The molecule has 0 atom stereocenters. The lowest BCUT2D eigenvalue weighted by Gasteiger charge is -2.10. The molecule has 0 bridgehead atoms. The summed E-state index contributed by atoms with van der Waals surface area (Å²) >= 11 is 8.64. The number of aryl methyl sites for hydroxylation is 1. The minimum Gasteiger partial charge on any atom is -0.307 e. The first-order valence-corrected chi connectivity index (χ1v) is 6.34. The minimum absolute atomic E-state index is 0.242. The highest BCUT2D eigenvalue weighted by Crippen LogP contribution is 2.21. The Labute approximate surface area is 113 Å². The van der Waals surface area contributed by atoms with Crippen molar-refractivity contribution in [1.82, 2.24) is 5.32 Å². The lowest BCUT2D eigenvalue weighted by molar-refractivity contribution is -0.117. The van der Waals surface area contributed by atoms with Crippen LogP contribution in [0.3, 0.4) is 0 Å². The zero-order valence-electron chi connectivity index (χ0n) is 9.22. The molecule has 6 heteroatoms. The Morgan fingerprint density at radius 3 is 2.71 bits per heavy atom. The van der Waals surface area contributed by atoms with Gasteiger partial charge in [0.2, 0.25) is 5.91 Å². The number of carbonyl (C=O) groups excluding carboxylic acids is 2. The number of rotatable bonds is 3. The van der Waals surface area contributed by atoms with E-state index in [4.69, 9.17) is 11.6 Å². The van der Waals surface area contributed by atoms with Gasteiger partial charge in [0.15, 0.2) is 0 Å². The van der Waals surface area contributed by atoms with Gasteiger partial charge in [0.25, 0.3) is 0 Å². The standard InChI is InChI=1S/C11H12BrClN2O2/c1-2-7-5-8(12)3-4-9(7)14-11(17)15-10(16)6-13/h3-5H,2,6H2,1H3,(H2,14,15,16,17). The van der Waals surface area contributed by atoms with Crippen LogP contribution in [0.1, 0.15) is 12.5 Å². The van der Waals surface area contributed by atoms with Gasteiger partial charge >= 0.3 is 6.03 Å². The second kappa shape index (κ2) is 6.61. The Morgan fingerprint density at radius 1 is 1.41 bits per heavy atom. The number of hydrogen-bond donors (Lipinski definition) is 2. The quantitative estimate of drug-likeness (QED) is 0.842. The summed E-state index contributed by atoms with van der Waals surface area (Å²) in [7, 11) is 0. The molecule has 1 aromatic carbocycles. The van der Waals surface area contributed by atoms with Crippen LogP contribution in [-0.2, 0) is 11.2 Å². The van der Waals surface area contributed by atoms with Crippen molar-refractivity contribution < 1.29 is 9.59 Å². The summed E-state index contributed by atoms with van der Waals surface area (Å²) < 4.78 is 0.942. The molecule has 0 aromatic heterocycles.